The van der Waals surface area contributed by atoms with Crippen LogP contribution in [-0.4, -0.2) is 20.6 Å². The molecule has 0 aliphatic heterocycles. The Hall–Kier alpha value is -0.120. The molecule has 0 aromatic rings. The Kier molecular flexibility index (Phi) is 4.78. The maximum absolute atomic E-state index is 9.50. The van der Waals surface area contributed by atoms with Gasteiger partial charge in [0, 0.05) is 7.11 Å². The van der Waals surface area contributed by atoms with Crippen LogP contribution in [0.25, 0.3) is 0 Å². The van der Waals surface area contributed by atoms with Crippen molar-refractivity contribution < 1.29 is 9.84 Å². The van der Waals surface area contributed by atoms with Crippen LogP contribution >= 0.6 is 0 Å². The second kappa shape index (κ2) is 4.88. The predicted molar refractivity (Wildman–Crippen MR) is 20.6 cm³/mol. The smallest absolute Gasteiger partial charge is 0.134 e. The van der Waals surface area contributed by atoms with Gasteiger partial charge in [-0.05, 0) is 0 Å². The summed E-state index contributed by atoms with van der Waals surface area (Å²) >= 11 is 0. The van der Waals surface area contributed by atoms with Gasteiger partial charge in [-0.25, -0.2) is 5.11 Å². The van der Waals surface area contributed by atoms with Gasteiger partial charge in [-0.1, -0.05) is 0 Å². The Balaban J connectivity index is 2.34. The Bertz CT molecular complexity index is 20.8. The molecular weight excluding hydrogens is 82.0 g/mol. The molecule has 6 heavy (non-hydrogen) atoms. The van der Waals surface area contributed by atoms with Gasteiger partial charge in [0.25, 0.3) is 0 Å². The molecule has 1 radical (unpaired) electrons. The molecule has 37 valence electrons. The molecular formula is C3H8NO2. The van der Waals surface area contributed by atoms with Crippen molar-refractivity contribution in [1.82, 2.24) is 5.32 Å². The summed E-state index contributed by atoms with van der Waals surface area (Å²) in [4.78, 5) is 0. The quantitative estimate of drug-likeness (QED) is 0.377. The summed E-state index contributed by atoms with van der Waals surface area (Å²) in [6.45, 7) is 0.0807. The largest absolute Gasteiger partial charge is 0.369 e. The highest BCUT2D eigenvalue weighted by molar-refractivity contribution is 4.14. The summed E-state index contributed by atoms with van der Waals surface area (Å²) in [7, 11) is 1.53. The van der Waals surface area contributed by atoms with E-state index in [0.717, 1.165) is 0 Å². The molecule has 0 amide bonds. The van der Waals surface area contributed by atoms with Crippen molar-refractivity contribution in [3.05, 3.63) is 0 Å². The van der Waals surface area contributed by atoms with Crippen LogP contribution in [0.3, 0.4) is 0 Å². The monoisotopic (exact) mass is 90.1 g/mol. The molecule has 0 saturated carbocycles. The Morgan fingerprint density at radius 1 is 1.83 bits per heavy atom. The number of hydrogen-bond acceptors (Lipinski definition) is 2. The Morgan fingerprint density at radius 2 is 2.50 bits per heavy atom. The van der Waals surface area contributed by atoms with E-state index in [1.807, 2.05) is 0 Å². The second-order valence-corrected chi connectivity index (χ2v) is 0.827. The molecule has 0 aromatic heterocycles. The third-order valence-electron chi connectivity index (χ3n) is 0.348. The summed E-state index contributed by atoms with van der Waals surface area (Å²) in [6.07, 6.45) is 0. The van der Waals surface area contributed by atoms with Gasteiger partial charge >= 0.3 is 0 Å². The summed E-state index contributed by atoms with van der Waals surface area (Å²) in [6, 6.07) is 0. The lowest BCUT2D eigenvalue weighted by atomic mass is 11.1. The van der Waals surface area contributed by atoms with E-state index in [-0.39, 0.29) is 6.73 Å². The van der Waals surface area contributed by atoms with Crippen molar-refractivity contribution in [2.45, 2.75) is 0 Å². The molecule has 0 fully saturated rings. The van der Waals surface area contributed by atoms with E-state index in [9.17, 15) is 5.11 Å². The van der Waals surface area contributed by atoms with Gasteiger partial charge in [-0.2, -0.15) is 0 Å². The predicted octanol–water partition coefficient (Wildman–Crippen LogP) is -0.432. The van der Waals surface area contributed by atoms with Crippen LogP contribution in [0.5, 0.6) is 0 Å². The van der Waals surface area contributed by atoms with Gasteiger partial charge in [0.15, 0.2) is 0 Å². The van der Waals surface area contributed by atoms with Gasteiger partial charge in [0.1, 0.15) is 6.73 Å². The first kappa shape index (κ1) is 5.88. The van der Waals surface area contributed by atoms with Crippen LogP contribution in [0.15, 0.2) is 0 Å². The number of hydrogen-bond donors (Lipinski definition) is 1. The minimum atomic E-state index is -0.270. The van der Waals surface area contributed by atoms with Gasteiger partial charge in [0.05, 0.1) is 6.73 Å². The number of ether oxygens (including phenoxy) is 1. The molecule has 0 saturated heterocycles. The highest BCUT2D eigenvalue weighted by Crippen LogP contribution is 1.53. The third-order valence-corrected chi connectivity index (χ3v) is 0.348. The maximum atomic E-state index is 9.50. The first-order valence-electron chi connectivity index (χ1n) is 1.69. The van der Waals surface area contributed by atoms with Crippen LogP contribution in [0.1, 0.15) is 0 Å². The molecule has 0 bridgehead atoms. The van der Waals surface area contributed by atoms with Crippen molar-refractivity contribution >= 4 is 0 Å². The minimum absolute atomic E-state index is 0.270. The van der Waals surface area contributed by atoms with Crippen molar-refractivity contribution in [2.24, 2.45) is 0 Å². The first-order valence-corrected chi connectivity index (χ1v) is 1.69. The number of rotatable bonds is 3. The number of nitrogens with one attached hydrogen (secondary N) is 1. The molecule has 0 aromatic carbocycles. The second-order valence-electron chi connectivity index (χ2n) is 0.827. The molecule has 1 N–H and O–H groups in total. The van der Waals surface area contributed by atoms with E-state index in [0.29, 0.717) is 6.73 Å². The van der Waals surface area contributed by atoms with Crippen LogP contribution in [0, 0.1) is 0 Å². The average molecular weight is 90.1 g/mol. The average Bonchev–Trinajstić information content (AvgIpc) is 1.61. The third kappa shape index (κ3) is 3.88. The van der Waals surface area contributed by atoms with E-state index in [2.05, 4.69) is 10.1 Å². The van der Waals surface area contributed by atoms with Gasteiger partial charge in [-0.3, -0.25) is 5.32 Å². The molecule has 0 aliphatic carbocycles. The normalized spacial score (nSPS) is 9.00. The van der Waals surface area contributed by atoms with Gasteiger partial charge < -0.3 is 4.74 Å². The highest BCUT2D eigenvalue weighted by Gasteiger charge is 1.72. The lowest BCUT2D eigenvalue weighted by Crippen LogP contribution is -2.15. The zero-order chi connectivity index (χ0) is 4.83. The fourth-order valence-corrected chi connectivity index (χ4v) is 0.144. The summed E-state index contributed by atoms with van der Waals surface area (Å²) in [5.74, 6) is 0. The Morgan fingerprint density at radius 3 is 2.67 bits per heavy atom. The molecule has 0 rings (SSSR count). The van der Waals surface area contributed by atoms with Crippen molar-refractivity contribution in [1.29, 1.82) is 0 Å². The molecule has 3 nitrogen and oxygen atoms in total. The van der Waals surface area contributed by atoms with E-state index in [4.69, 9.17) is 0 Å². The standard InChI is InChI=1S/C3H8NO2/c1-6-3-4-2-5/h4H,2-3H2,1H3. The molecule has 3 heteroatoms. The Labute approximate surface area is 36.9 Å². The lowest BCUT2D eigenvalue weighted by molar-refractivity contribution is 0.104. The van der Waals surface area contributed by atoms with Gasteiger partial charge in [0.2, 0.25) is 0 Å². The van der Waals surface area contributed by atoms with Gasteiger partial charge in [-0.15, -0.1) is 0 Å². The van der Waals surface area contributed by atoms with Crippen LogP contribution < -0.4 is 5.32 Å². The topological polar surface area (TPSA) is 41.2 Å². The fourth-order valence-electron chi connectivity index (χ4n) is 0.144. The van der Waals surface area contributed by atoms with Crippen LogP contribution in [0.4, 0.5) is 0 Å². The summed E-state index contributed by atoms with van der Waals surface area (Å²) < 4.78 is 4.47. The molecule has 0 aliphatic rings. The highest BCUT2D eigenvalue weighted by atomic mass is 16.5. The van der Waals surface area contributed by atoms with Crippen LogP contribution in [0.2, 0.25) is 0 Å². The fraction of sp³-hybridized carbons (Fsp3) is 1.00. The molecule has 0 spiro atoms. The van der Waals surface area contributed by atoms with E-state index >= 15 is 0 Å². The summed E-state index contributed by atoms with van der Waals surface area (Å²) in [5, 5.41) is 11.9. The zero-order valence-corrected chi connectivity index (χ0v) is 3.73. The molecule has 0 unspecified atom stereocenters. The maximum Gasteiger partial charge on any atom is 0.134 e. The van der Waals surface area contributed by atoms with Crippen molar-refractivity contribution in [3.63, 3.8) is 0 Å². The van der Waals surface area contributed by atoms with Crippen LogP contribution in [-0.2, 0) is 9.84 Å². The SMILES string of the molecule is COCNC[O]. The zero-order valence-electron chi connectivity index (χ0n) is 3.73. The first-order chi connectivity index (χ1) is 2.91. The van der Waals surface area contributed by atoms with E-state index < -0.39 is 0 Å². The van der Waals surface area contributed by atoms with Crippen molar-refractivity contribution in [2.75, 3.05) is 20.6 Å². The molecule has 0 heterocycles. The minimum Gasteiger partial charge on any atom is -0.369 e. The van der Waals surface area contributed by atoms with E-state index in [1.165, 1.54) is 7.11 Å². The number of methoxy groups -OCH3 is 1. The lowest BCUT2D eigenvalue weighted by Gasteiger charge is -1.91. The summed E-state index contributed by atoms with van der Waals surface area (Å²) in [5.41, 5.74) is 0. The van der Waals surface area contributed by atoms with E-state index in [1.54, 1.807) is 0 Å². The van der Waals surface area contributed by atoms with Crippen molar-refractivity contribution in [3.8, 4) is 0 Å². The molecule has 0 atom stereocenters.